The third-order valence-electron chi connectivity index (χ3n) is 3.22. The second kappa shape index (κ2) is 5.92. The van der Waals surface area contributed by atoms with Crippen LogP contribution in [0.2, 0.25) is 0 Å². The molecule has 0 saturated heterocycles. The number of rotatable bonds is 4. The third kappa shape index (κ3) is 2.91. The van der Waals surface area contributed by atoms with Crippen LogP contribution in [0.25, 0.3) is 12.2 Å². The first-order valence-electron chi connectivity index (χ1n) is 6.90. The molecule has 0 saturated carbocycles. The number of hydrogen-bond donors (Lipinski definition) is 0. The van der Waals surface area contributed by atoms with E-state index in [1.165, 1.54) is 0 Å². The molecule has 3 rings (SSSR count). The van der Waals surface area contributed by atoms with Crippen LogP contribution in [-0.4, -0.2) is 22.8 Å². The van der Waals surface area contributed by atoms with Crippen LogP contribution in [0.3, 0.4) is 0 Å². The Bertz CT molecular complexity index is 576. The molecule has 1 aromatic heterocycles. The van der Waals surface area contributed by atoms with Crippen LogP contribution in [0.4, 0.5) is 0 Å². The maximum Gasteiger partial charge on any atom is 0.135 e. The molecule has 0 bridgehead atoms. The fraction of sp³-hybridized carbons (Fsp3) is 0.312. The highest BCUT2D eigenvalue weighted by Crippen LogP contribution is 2.15. The summed E-state index contributed by atoms with van der Waals surface area (Å²) in [5.41, 5.74) is 2.11. The van der Waals surface area contributed by atoms with Gasteiger partial charge in [-0.05, 0) is 30.7 Å². The van der Waals surface area contributed by atoms with Crippen LogP contribution in [0.15, 0.2) is 30.5 Å². The monoisotopic (exact) mass is 270 g/mol. The van der Waals surface area contributed by atoms with Gasteiger partial charge < -0.3 is 14.0 Å². The van der Waals surface area contributed by atoms with E-state index in [-0.39, 0.29) is 0 Å². The van der Waals surface area contributed by atoms with E-state index in [9.17, 15) is 0 Å². The van der Waals surface area contributed by atoms with Gasteiger partial charge in [0, 0.05) is 12.7 Å². The molecule has 2 heterocycles. The number of aromatic nitrogens is 2. The molecule has 0 atom stereocenters. The largest absolute Gasteiger partial charge is 0.494 e. The first kappa shape index (κ1) is 12.9. The number of fused-ring (bicyclic) bond motifs is 1. The van der Waals surface area contributed by atoms with Gasteiger partial charge in [-0.25, -0.2) is 4.98 Å². The molecule has 1 aromatic carbocycles. The maximum atomic E-state index is 5.43. The van der Waals surface area contributed by atoms with E-state index in [0.717, 1.165) is 36.0 Å². The lowest BCUT2D eigenvalue weighted by molar-refractivity contribution is 0.0816. The summed E-state index contributed by atoms with van der Waals surface area (Å²) in [6.07, 6.45) is 6.16. The Labute approximate surface area is 118 Å². The number of benzene rings is 1. The van der Waals surface area contributed by atoms with Gasteiger partial charge in [-0.15, -0.1) is 0 Å². The molecule has 0 radical (unpaired) electrons. The predicted octanol–water partition coefficient (Wildman–Crippen LogP) is 2.98. The first-order chi connectivity index (χ1) is 9.85. The maximum absolute atomic E-state index is 5.43. The quantitative estimate of drug-likeness (QED) is 0.857. The van der Waals surface area contributed by atoms with Crippen molar-refractivity contribution in [2.45, 2.75) is 20.1 Å². The Morgan fingerprint density at radius 1 is 1.30 bits per heavy atom. The average molecular weight is 270 g/mol. The summed E-state index contributed by atoms with van der Waals surface area (Å²) in [4.78, 5) is 4.54. The molecule has 1 aliphatic rings. The summed E-state index contributed by atoms with van der Waals surface area (Å²) in [5, 5.41) is 0. The van der Waals surface area contributed by atoms with E-state index in [1.807, 2.05) is 37.3 Å². The molecule has 0 amide bonds. The van der Waals surface area contributed by atoms with Gasteiger partial charge >= 0.3 is 0 Å². The predicted molar refractivity (Wildman–Crippen MR) is 78.4 cm³/mol. The highest BCUT2D eigenvalue weighted by atomic mass is 16.5. The Kier molecular flexibility index (Phi) is 3.83. The lowest BCUT2D eigenvalue weighted by atomic mass is 10.2. The minimum absolute atomic E-state index is 0.608. The molecule has 0 spiro atoms. The topological polar surface area (TPSA) is 36.3 Å². The van der Waals surface area contributed by atoms with Crippen LogP contribution >= 0.6 is 0 Å². The molecule has 104 valence electrons. The van der Waals surface area contributed by atoms with Crippen molar-refractivity contribution in [1.82, 2.24) is 9.55 Å². The van der Waals surface area contributed by atoms with Crippen LogP contribution in [0.5, 0.6) is 5.75 Å². The summed E-state index contributed by atoms with van der Waals surface area (Å²) >= 11 is 0. The Balaban J connectivity index is 1.71. The van der Waals surface area contributed by atoms with Crippen molar-refractivity contribution < 1.29 is 9.47 Å². The first-order valence-corrected chi connectivity index (χ1v) is 6.90. The normalized spacial score (nSPS) is 14.4. The molecule has 0 aliphatic carbocycles. The zero-order valence-corrected chi connectivity index (χ0v) is 11.6. The number of hydrogen-bond acceptors (Lipinski definition) is 3. The van der Waals surface area contributed by atoms with Crippen molar-refractivity contribution in [2.75, 3.05) is 13.2 Å². The molecule has 2 aromatic rings. The van der Waals surface area contributed by atoms with E-state index in [2.05, 4.69) is 21.8 Å². The summed E-state index contributed by atoms with van der Waals surface area (Å²) < 4.78 is 13.0. The molecule has 0 fully saturated rings. The lowest BCUT2D eigenvalue weighted by Crippen LogP contribution is -2.15. The minimum atomic E-state index is 0.608. The minimum Gasteiger partial charge on any atom is -0.494 e. The Hall–Kier alpha value is -2.07. The summed E-state index contributed by atoms with van der Waals surface area (Å²) in [6.45, 7) is 4.94. The Morgan fingerprint density at radius 3 is 2.90 bits per heavy atom. The summed E-state index contributed by atoms with van der Waals surface area (Å²) in [7, 11) is 0. The van der Waals surface area contributed by atoms with Crippen molar-refractivity contribution in [2.24, 2.45) is 0 Å². The van der Waals surface area contributed by atoms with E-state index < -0.39 is 0 Å². The van der Waals surface area contributed by atoms with Crippen molar-refractivity contribution in [3.05, 3.63) is 47.5 Å². The lowest BCUT2D eigenvalue weighted by Gasteiger charge is -2.13. The summed E-state index contributed by atoms with van der Waals surface area (Å²) in [6, 6.07) is 8.05. The number of ether oxygens (including phenoxy) is 2. The highest BCUT2D eigenvalue weighted by Gasteiger charge is 2.10. The van der Waals surface area contributed by atoms with Gasteiger partial charge in [0.05, 0.1) is 18.9 Å². The van der Waals surface area contributed by atoms with Gasteiger partial charge in [0.15, 0.2) is 0 Å². The van der Waals surface area contributed by atoms with Crippen molar-refractivity contribution in [3.63, 3.8) is 0 Å². The fourth-order valence-corrected chi connectivity index (χ4v) is 2.22. The second-order valence-electron chi connectivity index (χ2n) is 4.66. The van der Waals surface area contributed by atoms with Crippen molar-refractivity contribution in [1.29, 1.82) is 0 Å². The van der Waals surface area contributed by atoms with Gasteiger partial charge in [0.25, 0.3) is 0 Å². The third-order valence-corrected chi connectivity index (χ3v) is 3.22. The van der Waals surface area contributed by atoms with E-state index in [1.54, 1.807) is 0 Å². The SMILES string of the molecule is CCOc1ccc(/C=C/c2cn3c(n2)COCC3)cc1. The van der Waals surface area contributed by atoms with E-state index >= 15 is 0 Å². The number of imidazole rings is 1. The standard InChI is InChI=1S/C16H18N2O2/c1-2-20-15-7-4-13(5-8-15)3-6-14-11-18-9-10-19-12-16(18)17-14/h3-8,11H,2,9-10,12H2,1H3/b6-3+. The summed E-state index contributed by atoms with van der Waals surface area (Å²) in [5.74, 6) is 1.90. The zero-order valence-electron chi connectivity index (χ0n) is 11.6. The van der Waals surface area contributed by atoms with Crippen LogP contribution < -0.4 is 4.74 Å². The van der Waals surface area contributed by atoms with Gasteiger partial charge in [-0.2, -0.15) is 0 Å². The highest BCUT2D eigenvalue weighted by molar-refractivity contribution is 5.68. The van der Waals surface area contributed by atoms with Crippen LogP contribution in [-0.2, 0) is 17.9 Å². The van der Waals surface area contributed by atoms with Gasteiger partial charge in [-0.1, -0.05) is 18.2 Å². The fourth-order valence-electron chi connectivity index (χ4n) is 2.22. The van der Waals surface area contributed by atoms with E-state index in [0.29, 0.717) is 13.2 Å². The van der Waals surface area contributed by atoms with Gasteiger partial charge in [0.1, 0.15) is 18.2 Å². The molecular formula is C16H18N2O2. The molecule has 4 heteroatoms. The van der Waals surface area contributed by atoms with Crippen molar-refractivity contribution in [3.8, 4) is 5.75 Å². The molecular weight excluding hydrogens is 252 g/mol. The average Bonchev–Trinajstić information content (AvgIpc) is 2.90. The van der Waals surface area contributed by atoms with Crippen molar-refractivity contribution >= 4 is 12.2 Å². The molecule has 20 heavy (non-hydrogen) atoms. The van der Waals surface area contributed by atoms with Gasteiger partial charge in [-0.3, -0.25) is 0 Å². The van der Waals surface area contributed by atoms with E-state index in [4.69, 9.17) is 9.47 Å². The molecule has 4 nitrogen and oxygen atoms in total. The molecule has 0 unspecified atom stereocenters. The molecule has 0 N–H and O–H groups in total. The second-order valence-corrected chi connectivity index (χ2v) is 4.66. The van der Waals surface area contributed by atoms with Crippen LogP contribution in [0, 0.1) is 0 Å². The Morgan fingerprint density at radius 2 is 2.15 bits per heavy atom. The smallest absolute Gasteiger partial charge is 0.135 e. The zero-order chi connectivity index (χ0) is 13.8. The van der Waals surface area contributed by atoms with Crippen LogP contribution in [0.1, 0.15) is 24.0 Å². The molecule has 1 aliphatic heterocycles. The van der Waals surface area contributed by atoms with Gasteiger partial charge in [0.2, 0.25) is 0 Å². The number of nitrogens with zero attached hydrogens (tertiary/aromatic N) is 2.